The summed E-state index contributed by atoms with van der Waals surface area (Å²) >= 11 is 13.5. The maximum atomic E-state index is 12.5. The molecule has 0 aliphatic rings. The van der Waals surface area contributed by atoms with E-state index in [0.717, 1.165) is 17.0 Å². The number of carbonyl (C=O) groups is 1. The van der Waals surface area contributed by atoms with Crippen LogP contribution in [0.2, 0.25) is 10.0 Å². The molecule has 0 atom stereocenters. The number of aromatic nitrogens is 4. The van der Waals surface area contributed by atoms with Gasteiger partial charge < -0.3 is 5.32 Å². The fourth-order valence-corrected chi connectivity index (χ4v) is 3.15. The standard InChI is InChI=1S/C16H15Cl2N5OS/c1-8-11(9(2)23-15(19-8)21-16(22-23)25-3)7-14(24)20-13-6-10(17)4-5-12(13)18/h4-6H,7H2,1-3H3,(H,20,24). The molecule has 3 rings (SSSR count). The summed E-state index contributed by atoms with van der Waals surface area (Å²) in [5, 5.41) is 8.75. The number of nitrogens with zero attached hydrogens (tertiary/aromatic N) is 4. The molecule has 2 heterocycles. The van der Waals surface area contributed by atoms with E-state index in [1.54, 1.807) is 22.7 Å². The molecular formula is C16H15Cl2N5OS. The van der Waals surface area contributed by atoms with Crippen molar-refractivity contribution in [2.75, 3.05) is 11.6 Å². The normalized spacial score (nSPS) is 11.1. The molecule has 0 aliphatic heterocycles. The van der Waals surface area contributed by atoms with Gasteiger partial charge in [0.05, 0.1) is 17.1 Å². The summed E-state index contributed by atoms with van der Waals surface area (Å²) in [5.41, 5.74) is 2.87. The predicted octanol–water partition coefficient (Wildman–Crippen LogP) is 3.95. The third kappa shape index (κ3) is 3.73. The van der Waals surface area contributed by atoms with Gasteiger partial charge in [0.15, 0.2) is 0 Å². The van der Waals surface area contributed by atoms with Gasteiger partial charge in [0.1, 0.15) is 0 Å². The van der Waals surface area contributed by atoms with E-state index < -0.39 is 0 Å². The molecule has 0 unspecified atom stereocenters. The predicted molar refractivity (Wildman–Crippen MR) is 101 cm³/mol. The van der Waals surface area contributed by atoms with Gasteiger partial charge >= 0.3 is 0 Å². The second-order valence-electron chi connectivity index (χ2n) is 5.42. The number of halogens is 2. The second kappa shape index (κ2) is 7.19. The molecule has 2 aromatic heterocycles. The summed E-state index contributed by atoms with van der Waals surface area (Å²) in [6.07, 6.45) is 2.05. The van der Waals surface area contributed by atoms with Crippen LogP contribution in [-0.4, -0.2) is 31.7 Å². The van der Waals surface area contributed by atoms with Crippen molar-refractivity contribution >= 4 is 52.3 Å². The van der Waals surface area contributed by atoms with E-state index in [2.05, 4.69) is 20.4 Å². The Labute approximate surface area is 158 Å². The van der Waals surface area contributed by atoms with Gasteiger partial charge in [-0.1, -0.05) is 35.0 Å². The van der Waals surface area contributed by atoms with Gasteiger partial charge in [-0.15, -0.1) is 5.10 Å². The molecular weight excluding hydrogens is 381 g/mol. The molecule has 0 saturated heterocycles. The molecule has 3 aromatic rings. The lowest BCUT2D eigenvalue weighted by Crippen LogP contribution is -2.18. The number of thioether (sulfide) groups is 1. The van der Waals surface area contributed by atoms with Gasteiger partial charge in [-0.05, 0) is 38.3 Å². The maximum Gasteiger partial charge on any atom is 0.253 e. The van der Waals surface area contributed by atoms with Gasteiger partial charge in [0.2, 0.25) is 11.1 Å². The van der Waals surface area contributed by atoms with Gasteiger partial charge in [-0.25, -0.2) is 9.50 Å². The van der Waals surface area contributed by atoms with E-state index in [9.17, 15) is 4.79 Å². The van der Waals surface area contributed by atoms with Crippen molar-refractivity contribution < 1.29 is 4.79 Å². The highest BCUT2D eigenvalue weighted by atomic mass is 35.5. The minimum Gasteiger partial charge on any atom is -0.324 e. The quantitative estimate of drug-likeness (QED) is 0.676. The summed E-state index contributed by atoms with van der Waals surface area (Å²) in [6, 6.07) is 4.92. The maximum absolute atomic E-state index is 12.5. The van der Waals surface area contributed by atoms with Crippen molar-refractivity contribution in [2.45, 2.75) is 25.4 Å². The van der Waals surface area contributed by atoms with Crippen molar-refractivity contribution in [2.24, 2.45) is 0 Å². The molecule has 0 saturated carbocycles. The smallest absolute Gasteiger partial charge is 0.253 e. The van der Waals surface area contributed by atoms with Crippen LogP contribution in [0.25, 0.3) is 5.78 Å². The lowest BCUT2D eigenvalue weighted by molar-refractivity contribution is -0.115. The van der Waals surface area contributed by atoms with E-state index in [-0.39, 0.29) is 12.3 Å². The molecule has 130 valence electrons. The number of aryl methyl sites for hydroxylation is 2. The fraction of sp³-hybridized carbons (Fsp3) is 0.250. The largest absolute Gasteiger partial charge is 0.324 e. The number of hydrogen-bond acceptors (Lipinski definition) is 5. The van der Waals surface area contributed by atoms with E-state index in [4.69, 9.17) is 23.2 Å². The molecule has 1 aromatic carbocycles. The van der Waals surface area contributed by atoms with Gasteiger partial charge in [-0.3, -0.25) is 4.79 Å². The average molecular weight is 396 g/mol. The Kier molecular flexibility index (Phi) is 5.17. The van der Waals surface area contributed by atoms with Crippen LogP contribution in [0, 0.1) is 13.8 Å². The fourth-order valence-electron chi connectivity index (χ4n) is 2.48. The van der Waals surface area contributed by atoms with Gasteiger partial charge in [-0.2, -0.15) is 4.98 Å². The zero-order valence-corrected chi connectivity index (χ0v) is 16.1. The number of fused-ring (bicyclic) bond motifs is 1. The number of amides is 1. The molecule has 9 heteroatoms. The molecule has 25 heavy (non-hydrogen) atoms. The number of rotatable bonds is 4. The highest BCUT2D eigenvalue weighted by Crippen LogP contribution is 2.26. The third-order valence-corrected chi connectivity index (χ3v) is 4.85. The van der Waals surface area contributed by atoms with E-state index in [1.807, 2.05) is 20.1 Å². The van der Waals surface area contributed by atoms with E-state index in [0.29, 0.717) is 26.7 Å². The van der Waals surface area contributed by atoms with Crippen LogP contribution < -0.4 is 5.32 Å². The molecule has 0 fully saturated rings. The van der Waals surface area contributed by atoms with Crippen LogP contribution in [0.4, 0.5) is 5.69 Å². The highest BCUT2D eigenvalue weighted by Gasteiger charge is 2.16. The Balaban J connectivity index is 1.89. The number of carbonyl (C=O) groups excluding carboxylic acids is 1. The number of hydrogen-bond donors (Lipinski definition) is 1. The molecule has 6 nitrogen and oxygen atoms in total. The van der Waals surface area contributed by atoms with Crippen LogP contribution in [0.15, 0.2) is 23.4 Å². The topological polar surface area (TPSA) is 72.2 Å². The lowest BCUT2D eigenvalue weighted by Gasteiger charge is -2.11. The Morgan fingerprint density at radius 2 is 2.04 bits per heavy atom. The van der Waals surface area contributed by atoms with Crippen LogP contribution in [0.5, 0.6) is 0 Å². The van der Waals surface area contributed by atoms with Crippen molar-refractivity contribution in [1.82, 2.24) is 19.6 Å². The first-order valence-corrected chi connectivity index (χ1v) is 9.39. The Morgan fingerprint density at radius 1 is 1.28 bits per heavy atom. The molecule has 0 bridgehead atoms. The molecule has 0 spiro atoms. The Hall–Kier alpha value is -1.83. The Bertz CT molecular complexity index is 973. The SMILES string of the molecule is CSc1nc2nc(C)c(CC(=O)Nc3cc(Cl)ccc3Cl)c(C)n2n1. The first kappa shape index (κ1) is 18.0. The van der Waals surface area contributed by atoms with Crippen LogP contribution in [0.1, 0.15) is 17.0 Å². The Morgan fingerprint density at radius 3 is 2.76 bits per heavy atom. The molecule has 1 N–H and O–H groups in total. The summed E-state index contributed by atoms with van der Waals surface area (Å²) in [5.74, 6) is 0.322. The number of nitrogens with one attached hydrogen (secondary N) is 1. The zero-order chi connectivity index (χ0) is 18.1. The van der Waals surface area contributed by atoms with Gasteiger partial charge in [0.25, 0.3) is 5.78 Å². The molecule has 0 radical (unpaired) electrons. The number of benzene rings is 1. The van der Waals surface area contributed by atoms with Crippen molar-refractivity contribution in [3.63, 3.8) is 0 Å². The van der Waals surface area contributed by atoms with Crippen LogP contribution >= 0.6 is 35.0 Å². The van der Waals surface area contributed by atoms with Crippen molar-refractivity contribution in [1.29, 1.82) is 0 Å². The second-order valence-corrected chi connectivity index (χ2v) is 7.04. The minimum atomic E-state index is -0.207. The molecule has 0 aliphatic carbocycles. The van der Waals surface area contributed by atoms with Gasteiger partial charge in [0, 0.05) is 22.0 Å². The minimum absolute atomic E-state index is 0.151. The number of anilines is 1. The third-order valence-electron chi connectivity index (χ3n) is 3.75. The van der Waals surface area contributed by atoms with E-state index in [1.165, 1.54) is 11.8 Å². The van der Waals surface area contributed by atoms with Crippen LogP contribution in [-0.2, 0) is 11.2 Å². The summed E-state index contributed by atoms with van der Waals surface area (Å²) in [6.45, 7) is 3.75. The summed E-state index contributed by atoms with van der Waals surface area (Å²) < 4.78 is 1.66. The molecule has 1 amide bonds. The van der Waals surface area contributed by atoms with Crippen molar-refractivity contribution in [3.05, 3.63) is 45.2 Å². The first-order chi connectivity index (χ1) is 11.9. The first-order valence-electron chi connectivity index (χ1n) is 7.40. The summed E-state index contributed by atoms with van der Waals surface area (Å²) in [7, 11) is 0. The lowest BCUT2D eigenvalue weighted by atomic mass is 10.1. The average Bonchev–Trinajstić information content (AvgIpc) is 2.98. The van der Waals surface area contributed by atoms with E-state index >= 15 is 0 Å². The monoisotopic (exact) mass is 395 g/mol. The van der Waals surface area contributed by atoms with Crippen LogP contribution in [0.3, 0.4) is 0 Å². The summed E-state index contributed by atoms with van der Waals surface area (Å²) in [4.78, 5) is 21.2. The zero-order valence-electron chi connectivity index (χ0n) is 13.8. The highest BCUT2D eigenvalue weighted by molar-refractivity contribution is 7.98. The van der Waals surface area contributed by atoms with Crippen molar-refractivity contribution in [3.8, 4) is 0 Å².